The van der Waals surface area contributed by atoms with Crippen LogP contribution >= 0.6 is 0 Å². The first-order valence-corrected chi connectivity index (χ1v) is 9.69. The molecule has 8 nitrogen and oxygen atoms in total. The second-order valence-electron chi connectivity index (χ2n) is 7.03. The fourth-order valence-electron chi connectivity index (χ4n) is 2.63. The number of benzene rings is 2. The van der Waals surface area contributed by atoms with Gasteiger partial charge in [0.2, 0.25) is 0 Å². The molecule has 8 heteroatoms. The zero-order valence-electron chi connectivity index (χ0n) is 17.6. The number of amidine groups is 1. The predicted molar refractivity (Wildman–Crippen MR) is 118 cm³/mol. The van der Waals surface area contributed by atoms with Crippen molar-refractivity contribution in [1.29, 1.82) is 5.41 Å². The van der Waals surface area contributed by atoms with E-state index in [4.69, 9.17) is 15.9 Å². The number of nitrogens with one attached hydrogen (secondary N) is 3. The van der Waals surface area contributed by atoms with Crippen molar-refractivity contribution in [3.8, 4) is 5.75 Å². The minimum atomic E-state index is -0.242. The molecule has 160 valence electrons. The van der Waals surface area contributed by atoms with Crippen LogP contribution in [-0.2, 0) is 4.79 Å². The van der Waals surface area contributed by atoms with Gasteiger partial charge < -0.3 is 26.0 Å². The van der Waals surface area contributed by atoms with Crippen LogP contribution in [0.4, 0.5) is 5.69 Å². The number of hydrogen-bond acceptors (Lipinski definition) is 5. The van der Waals surface area contributed by atoms with Crippen molar-refractivity contribution in [3.63, 3.8) is 0 Å². The fourth-order valence-corrected chi connectivity index (χ4v) is 2.63. The van der Waals surface area contributed by atoms with Crippen LogP contribution in [0.15, 0.2) is 42.5 Å². The second kappa shape index (κ2) is 11.0. The summed E-state index contributed by atoms with van der Waals surface area (Å²) < 4.78 is 5.50. The summed E-state index contributed by atoms with van der Waals surface area (Å²) in [7, 11) is 3.60. The van der Waals surface area contributed by atoms with Gasteiger partial charge in [0.15, 0.2) is 6.61 Å². The molecular weight excluding hydrogens is 382 g/mol. The number of aryl methyl sites for hydroxylation is 1. The second-order valence-corrected chi connectivity index (χ2v) is 7.03. The average Bonchev–Trinajstić information content (AvgIpc) is 2.73. The largest absolute Gasteiger partial charge is 0.484 e. The van der Waals surface area contributed by atoms with Crippen LogP contribution in [0.3, 0.4) is 0 Å². The monoisotopic (exact) mass is 411 g/mol. The lowest BCUT2D eigenvalue weighted by molar-refractivity contribution is -0.123. The molecule has 0 bridgehead atoms. The molecule has 0 saturated heterocycles. The molecule has 2 rings (SSSR count). The van der Waals surface area contributed by atoms with E-state index in [1.54, 1.807) is 61.5 Å². The normalized spacial score (nSPS) is 10.3. The lowest BCUT2D eigenvalue weighted by atomic mass is 10.1. The number of amides is 2. The fraction of sp³-hybridized carbons (Fsp3) is 0.318. The van der Waals surface area contributed by atoms with Crippen LogP contribution in [0.1, 0.15) is 27.9 Å². The van der Waals surface area contributed by atoms with Crippen molar-refractivity contribution in [2.75, 3.05) is 39.1 Å². The third-order valence-electron chi connectivity index (χ3n) is 4.39. The van der Waals surface area contributed by atoms with Crippen molar-refractivity contribution < 1.29 is 14.3 Å². The highest BCUT2D eigenvalue weighted by Crippen LogP contribution is 2.22. The molecule has 0 aliphatic heterocycles. The Bertz CT molecular complexity index is 894. The predicted octanol–water partition coefficient (Wildman–Crippen LogP) is 1.98. The highest BCUT2D eigenvalue weighted by Gasteiger charge is 2.11. The van der Waals surface area contributed by atoms with Gasteiger partial charge >= 0.3 is 0 Å². The van der Waals surface area contributed by atoms with Gasteiger partial charge in [-0.15, -0.1) is 0 Å². The standard InChI is InChI=1S/C22H29N5O3/c1-15-13-18(30-14-20(28)25-12-4-11-23)9-10-19(15)26-22(29)17-7-5-16(6-8-17)21(24)27(2)3/h5-10,13,24H,4,11-12,14,23H2,1-3H3,(H,25,28)(H,26,29). The Kier molecular flexibility index (Phi) is 8.37. The summed E-state index contributed by atoms with van der Waals surface area (Å²) in [6.07, 6.45) is 0.722. The van der Waals surface area contributed by atoms with Gasteiger partial charge in [-0.2, -0.15) is 0 Å². The Labute approximate surface area is 176 Å². The Morgan fingerprint density at radius 3 is 2.37 bits per heavy atom. The molecule has 0 radical (unpaired) electrons. The number of nitrogens with two attached hydrogens (primary N) is 1. The number of carbonyl (C=O) groups excluding carboxylic acids is 2. The summed E-state index contributed by atoms with van der Waals surface area (Å²) in [5.41, 5.74) is 8.10. The van der Waals surface area contributed by atoms with Gasteiger partial charge in [0.1, 0.15) is 11.6 Å². The van der Waals surface area contributed by atoms with E-state index in [9.17, 15) is 9.59 Å². The van der Waals surface area contributed by atoms with E-state index in [-0.39, 0.29) is 18.4 Å². The molecule has 0 saturated carbocycles. The smallest absolute Gasteiger partial charge is 0.257 e. The Hall–Kier alpha value is -3.39. The zero-order chi connectivity index (χ0) is 22.1. The van der Waals surface area contributed by atoms with Crippen LogP contribution in [0.5, 0.6) is 5.75 Å². The molecule has 30 heavy (non-hydrogen) atoms. The van der Waals surface area contributed by atoms with E-state index >= 15 is 0 Å². The molecule has 0 unspecified atom stereocenters. The molecule has 0 atom stereocenters. The van der Waals surface area contributed by atoms with Gasteiger partial charge in [0.05, 0.1) is 0 Å². The van der Waals surface area contributed by atoms with E-state index in [0.717, 1.165) is 17.5 Å². The van der Waals surface area contributed by atoms with Crippen LogP contribution in [0.2, 0.25) is 0 Å². The number of hydrogen-bond donors (Lipinski definition) is 4. The molecule has 2 aromatic carbocycles. The number of rotatable bonds is 9. The van der Waals surface area contributed by atoms with Gasteiger partial charge in [0, 0.05) is 37.5 Å². The molecule has 0 fully saturated rings. The minimum absolute atomic E-state index is 0.0793. The summed E-state index contributed by atoms with van der Waals surface area (Å²) >= 11 is 0. The first-order valence-electron chi connectivity index (χ1n) is 9.69. The van der Waals surface area contributed by atoms with E-state index in [1.165, 1.54) is 0 Å². The summed E-state index contributed by atoms with van der Waals surface area (Å²) in [6, 6.07) is 12.1. The van der Waals surface area contributed by atoms with Gasteiger partial charge in [0.25, 0.3) is 11.8 Å². The van der Waals surface area contributed by atoms with Gasteiger partial charge in [-0.25, -0.2) is 0 Å². The van der Waals surface area contributed by atoms with E-state index in [0.29, 0.717) is 35.9 Å². The highest BCUT2D eigenvalue weighted by atomic mass is 16.5. The Balaban J connectivity index is 1.94. The van der Waals surface area contributed by atoms with Crippen molar-refractivity contribution in [3.05, 3.63) is 59.2 Å². The first-order chi connectivity index (χ1) is 14.3. The maximum Gasteiger partial charge on any atom is 0.257 e. The van der Waals surface area contributed by atoms with Crippen LogP contribution in [0.25, 0.3) is 0 Å². The van der Waals surface area contributed by atoms with Crippen molar-refractivity contribution in [2.45, 2.75) is 13.3 Å². The van der Waals surface area contributed by atoms with Gasteiger partial charge in [-0.05, 0) is 55.8 Å². The molecule has 0 aliphatic carbocycles. The summed E-state index contributed by atoms with van der Waals surface area (Å²) in [5.74, 6) is 0.478. The summed E-state index contributed by atoms with van der Waals surface area (Å²) in [6.45, 7) is 2.83. The number of nitrogens with zero attached hydrogens (tertiary/aromatic N) is 1. The molecule has 2 amide bonds. The molecule has 0 aromatic heterocycles. The lowest BCUT2D eigenvalue weighted by Crippen LogP contribution is -2.30. The molecule has 2 aromatic rings. The summed E-state index contributed by atoms with van der Waals surface area (Å²) in [4.78, 5) is 25.9. The number of anilines is 1. The quantitative estimate of drug-likeness (QED) is 0.286. The molecular formula is C22H29N5O3. The summed E-state index contributed by atoms with van der Waals surface area (Å²) in [5, 5.41) is 13.6. The van der Waals surface area contributed by atoms with E-state index in [2.05, 4.69) is 10.6 Å². The van der Waals surface area contributed by atoms with Crippen molar-refractivity contribution >= 4 is 23.3 Å². The maximum atomic E-state index is 12.5. The van der Waals surface area contributed by atoms with Gasteiger partial charge in [-0.3, -0.25) is 15.0 Å². The van der Waals surface area contributed by atoms with Gasteiger partial charge in [-0.1, -0.05) is 12.1 Å². The number of carbonyl (C=O) groups is 2. The first kappa shape index (κ1) is 22.9. The highest BCUT2D eigenvalue weighted by molar-refractivity contribution is 6.05. The van der Waals surface area contributed by atoms with Crippen LogP contribution in [0, 0.1) is 12.3 Å². The SMILES string of the molecule is Cc1cc(OCC(=O)NCCCN)ccc1NC(=O)c1ccc(C(=N)N(C)C)cc1. The van der Waals surface area contributed by atoms with E-state index < -0.39 is 0 Å². The maximum absolute atomic E-state index is 12.5. The van der Waals surface area contributed by atoms with Crippen molar-refractivity contribution in [1.82, 2.24) is 10.2 Å². The van der Waals surface area contributed by atoms with Crippen LogP contribution < -0.4 is 21.1 Å². The van der Waals surface area contributed by atoms with Crippen LogP contribution in [-0.4, -0.2) is 56.3 Å². The molecule has 0 aliphatic rings. The number of ether oxygens (including phenoxy) is 1. The molecule has 5 N–H and O–H groups in total. The average molecular weight is 412 g/mol. The third kappa shape index (κ3) is 6.59. The minimum Gasteiger partial charge on any atom is -0.484 e. The molecule has 0 spiro atoms. The van der Waals surface area contributed by atoms with Crippen molar-refractivity contribution in [2.24, 2.45) is 5.73 Å². The topological polar surface area (TPSA) is 121 Å². The Morgan fingerprint density at radius 1 is 1.10 bits per heavy atom. The third-order valence-corrected chi connectivity index (χ3v) is 4.39. The van der Waals surface area contributed by atoms with E-state index in [1.807, 2.05) is 6.92 Å². The molecule has 0 heterocycles. The lowest BCUT2D eigenvalue weighted by Gasteiger charge is -2.14. The Morgan fingerprint density at radius 2 is 1.77 bits per heavy atom. The zero-order valence-corrected chi connectivity index (χ0v) is 17.6.